The first kappa shape index (κ1) is 18.1. The minimum absolute atomic E-state index is 0.537. The van der Waals surface area contributed by atoms with Crippen LogP contribution in [0, 0.1) is 12.8 Å². The highest BCUT2D eigenvalue weighted by Gasteiger charge is 2.52. The van der Waals surface area contributed by atoms with Gasteiger partial charge in [0.25, 0.3) is 0 Å². The predicted molar refractivity (Wildman–Crippen MR) is 93.8 cm³/mol. The molecule has 4 rings (SSSR count). The highest BCUT2D eigenvalue weighted by Crippen LogP contribution is 2.55. The summed E-state index contributed by atoms with van der Waals surface area (Å²) in [6, 6.07) is 8.07. The van der Waals surface area contributed by atoms with Crippen LogP contribution in [0.15, 0.2) is 18.2 Å². The molecule has 1 saturated heterocycles. The normalized spacial score (nSPS) is 32.2. The molecule has 0 unspecified atom stereocenters. The first-order valence-corrected chi connectivity index (χ1v) is 10.4. The lowest BCUT2D eigenvalue weighted by Gasteiger charge is -2.58. The fourth-order valence-corrected chi connectivity index (χ4v) is 5.31. The lowest BCUT2D eigenvalue weighted by Crippen LogP contribution is -2.59. The third kappa shape index (κ3) is 3.47. The smallest absolute Gasteiger partial charge is 0.303 e. The largest absolute Gasteiger partial charge is 0.466 e. The van der Waals surface area contributed by atoms with Crippen molar-refractivity contribution in [2.45, 2.75) is 56.9 Å². The molecule has 1 aliphatic heterocycles. The number of rotatable bonds is 0. The summed E-state index contributed by atoms with van der Waals surface area (Å²) >= 11 is 0. The lowest BCUT2D eigenvalue weighted by molar-refractivity contribution is 0.00283. The van der Waals surface area contributed by atoms with Gasteiger partial charge < -0.3 is 19.6 Å². The third-order valence-corrected chi connectivity index (χ3v) is 6.27. The number of nitrogens with zero attached hydrogens (tertiary/aromatic N) is 1. The van der Waals surface area contributed by atoms with Crippen LogP contribution in [0.3, 0.4) is 0 Å². The Morgan fingerprint density at radius 3 is 2.62 bits per heavy atom. The molecule has 3 N–H and O–H groups in total. The van der Waals surface area contributed by atoms with Gasteiger partial charge in [-0.3, -0.25) is 0 Å². The Morgan fingerprint density at radius 2 is 1.92 bits per heavy atom. The molecule has 0 radical (unpaired) electrons. The molecule has 3 aliphatic rings. The number of phosphoric acid groups is 1. The van der Waals surface area contributed by atoms with E-state index in [-0.39, 0.29) is 0 Å². The van der Waals surface area contributed by atoms with E-state index in [0.717, 1.165) is 12.0 Å². The van der Waals surface area contributed by atoms with Crippen LogP contribution in [-0.2, 0) is 16.4 Å². The van der Waals surface area contributed by atoms with Gasteiger partial charge in [-0.25, -0.2) is 4.57 Å². The summed E-state index contributed by atoms with van der Waals surface area (Å²) in [5, 5.41) is 0. The Bertz CT molecular complexity index is 650. The fraction of sp³-hybridized carbons (Fsp3) is 0.667. The van der Waals surface area contributed by atoms with Gasteiger partial charge >= 0.3 is 7.82 Å². The van der Waals surface area contributed by atoms with Crippen LogP contribution in [0.5, 0.6) is 0 Å². The quantitative estimate of drug-likeness (QED) is 0.625. The molecule has 0 amide bonds. The summed E-state index contributed by atoms with van der Waals surface area (Å²) in [6.45, 7) is 3.56. The Morgan fingerprint density at radius 1 is 1.21 bits per heavy atom. The summed E-state index contributed by atoms with van der Waals surface area (Å²) < 4.78 is 8.88. The number of likely N-dealkylation sites (N-methyl/N-ethyl adjacent to an activating group) is 1. The molecule has 0 aromatic heterocycles. The molecule has 24 heavy (non-hydrogen) atoms. The molecule has 1 saturated carbocycles. The lowest BCUT2D eigenvalue weighted by atomic mass is 9.52. The van der Waals surface area contributed by atoms with Gasteiger partial charge in [-0.05, 0) is 63.2 Å². The molecule has 1 aromatic carbocycles. The highest BCUT2D eigenvalue weighted by molar-refractivity contribution is 7.45. The average Bonchev–Trinajstić information content (AvgIpc) is 2.50. The minimum atomic E-state index is -4.64. The second kappa shape index (κ2) is 6.54. The van der Waals surface area contributed by atoms with Gasteiger partial charge in [0.15, 0.2) is 0 Å². The summed E-state index contributed by atoms with van der Waals surface area (Å²) in [6.07, 6.45) is 8.48. The van der Waals surface area contributed by atoms with E-state index in [0.29, 0.717) is 5.41 Å². The Labute approximate surface area is 143 Å². The van der Waals surface area contributed by atoms with Crippen LogP contribution in [0.1, 0.15) is 48.8 Å². The maximum atomic E-state index is 8.88. The van der Waals surface area contributed by atoms with Crippen LogP contribution >= 0.6 is 7.82 Å². The molecule has 2 fully saturated rings. The number of benzene rings is 1. The molecule has 3 atom stereocenters. The maximum absolute atomic E-state index is 8.88. The van der Waals surface area contributed by atoms with Crippen molar-refractivity contribution >= 4 is 7.82 Å². The number of piperidine rings is 1. The standard InChI is InChI=1S/C18H25N.H3O4P/c1-13-6-7-14-12-17-15-5-3-4-8-18(15,16(14)11-13)9-10-19(17)2;1-5(2,3)4/h6-7,11,15,17H,3-5,8-10,12H2,1-2H3;(H3,1,2,3,4)/t15-,17+,18+;/m1./s1. The molecule has 0 spiro atoms. The van der Waals surface area contributed by atoms with Crippen molar-refractivity contribution in [3.63, 3.8) is 0 Å². The number of likely N-dealkylation sites (tertiary alicyclic amines) is 1. The molecular weight excluding hydrogens is 325 g/mol. The summed E-state index contributed by atoms with van der Waals surface area (Å²) in [4.78, 5) is 24.2. The van der Waals surface area contributed by atoms with E-state index in [1.54, 1.807) is 11.1 Å². The van der Waals surface area contributed by atoms with Crippen molar-refractivity contribution < 1.29 is 19.2 Å². The van der Waals surface area contributed by atoms with Gasteiger partial charge in [-0.2, -0.15) is 0 Å². The Balaban J connectivity index is 0.000000300. The molecule has 2 bridgehead atoms. The monoisotopic (exact) mass is 353 g/mol. The van der Waals surface area contributed by atoms with Crippen LogP contribution in [0.2, 0.25) is 0 Å². The second-order valence-electron chi connectivity index (χ2n) is 7.68. The highest BCUT2D eigenvalue weighted by atomic mass is 31.2. The molecule has 2 aliphatic carbocycles. The molecule has 6 heteroatoms. The van der Waals surface area contributed by atoms with E-state index in [4.69, 9.17) is 19.2 Å². The summed E-state index contributed by atoms with van der Waals surface area (Å²) in [5.74, 6) is 0.925. The minimum Gasteiger partial charge on any atom is -0.303 e. The van der Waals surface area contributed by atoms with E-state index in [1.807, 2.05) is 0 Å². The third-order valence-electron chi connectivity index (χ3n) is 6.27. The van der Waals surface area contributed by atoms with E-state index < -0.39 is 7.82 Å². The van der Waals surface area contributed by atoms with Crippen LogP contribution in [0.25, 0.3) is 0 Å². The van der Waals surface area contributed by atoms with Gasteiger partial charge in [0.1, 0.15) is 0 Å². The average molecular weight is 353 g/mol. The Kier molecular flexibility index (Phi) is 4.93. The second-order valence-corrected chi connectivity index (χ2v) is 8.71. The number of hydrogen-bond donors (Lipinski definition) is 3. The SMILES string of the molecule is Cc1ccc2c(c1)[C@]13CCCC[C@@H]1[C@H](C2)N(C)CC3.O=P(O)(O)O. The van der Waals surface area contributed by atoms with Gasteiger partial charge in [0, 0.05) is 11.5 Å². The summed E-state index contributed by atoms with van der Waals surface area (Å²) in [5.41, 5.74) is 5.38. The topological polar surface area (TPSA) is 81.0 Å². The zero-order valence-electron chi connectivity index (χ0n) is 14.5. The maximum Gasteiger partial charge on any atom is 0.466 e. The van der Waals surface area contributed by atoms with E-state index >= 15 is 0 Å². The van der Waals surface area contributed by atoms with Crippen molar-refractivity contribution in [1.29, 1.82) is 0 Å². The van der Waals surface area contributed by atoms with Crippen molar-refractivity contribution in [2.24, 2.45) is 5.92 Å². The fourth-order valence-electron chi connectivity index (χ4n) is 5.31. The van der Waals surface area contributed by atoms with Gasteiger partial charge in [0.2, 0.25) is 0 Å². The van der Waals surface area contributed by atoms with Gasteiger partial charge in [-0.15, -0.1) is 0 Å². The summed E-state index contributed by atoms with van der Waals surface area (Å²) in [7, 11) is -2.29. The van der Waals surface area contributed by atoms with Crippen LogP contribution in [0.4, 0.5) is 0 Å². The molecular formula is C18H28NO4P. The van der Waals surface area contributed by atoms with Crippen LogP contribution < -0.4 is 0 Å². The van der Waals surface area contributed by atoms with E-state index in [9.17, 15) is 0 Å². The zero-order valence-corrected chi connectivity index (χ0v) is 15.4. The molecule has 1 aromatic rings. The van der Waals surface area contributed by atoms with Crippen molar-refractivity contribution in [1.82, 2.24) is 4.90 Å². The molecule has 1 heterocycles. The molecule has 5 nitrogen and oxygen atoms in total. The van der Waals surface area contributed by atoms with E-state index in [1.165, 1.54) is 50.6 Å². The zero-order chi connectivity index (χ0) is 17.5. The van der Waals surface area contributed by atoms with Crippen molar-refractivity contribution in [2.75, 3.05) is 13.6 Å². The first-order valence-electron chi connectivity index (χ1n) is 8.79. The van der Waals surface area contributed by atoms with Crippen molar-refractivity contribution in [3.8, 4) is 0 Å². The first-order chi connectivity index (χ1) is 11.2. The van der Waals surface area contributed by atoms with Crippen molar-refractivity contribution in [3.05, 3.63) is 34.9 Å². The van der Waals surface area contributed by atoms with Crippen LogP contribution in [-0.4, -0.2) is 39.2 Å². The predicted octanol–water partition coefficient (Wildman–Crippen LogP) is 2.75. The van der Waals surface area contributed by atoms with Gasteiger partial charge in [-0.1, -0.05) is 36.6 Å². The number of fused-ring (bicyclic) bond motifs is 1. The number of hydrogen-bond acceptors (Lipinski definition) is 2. The van der Waals surface area contributed by atoms with Gasteiger partial charge in [0.05, 0.1) is 0 Å². The number of aryl methyl sites for hydroxylation is 1. The Hall–Kier alpha value is -0.710. The molecule has 134 valence electrons. The van der Waals surface area contributed by atoms with E-state index in [2.05, 4.69) is 37.1 Å².